The molecule has 1 aromatic heterocycles. The third-order valence-corrected chi connectivity index (χ3v) is 4.61. The van der Waals surface area contributed by atoms with Crippen LogP contribution in [0.25, 0.3) is 16.6 Å². The van der Waals surface area contributed by atoms with Crippen molar-refractivity contribution in [1.82, 2.24) is 9.55 Å². The summed E-state index contributed by atoms with van der Waals surface area (Å²) >= 11 is 0. The molecule has 0 amide bonds. The van der Waals surface area contributed by atoms with Gasteiger partial charge < -0.3 is 10.1 Å². The Kier molecular flexibility index (Phi) is 5.81. The number of hydrogen-bond donors (Lipinski definition) is 1. The first kappa shape index (κ1) is 18.3. The maximum Gasteiger partial charge on any atom is 0.266 e. The number of para-hydroxylation sites is 1. The third kappa shape index (κ3) is 3.69. The Morgan fingerprint density at radius 1 is 1.19 bits per heavy atom. The summed E-state index contributed by atoms with van der Waals surface area (Å²) in [6.45, 7) is 5.64. The predicted molar refractivity (Wildman–Crippen MR) is 104 cm³/mol. The van der Waals surface area contributed by atoms with Gasteiger partial charge in [-0.3, -0.25) is 9.36 Å². The smallest absolute Gasteiger partial charge is 0.266 e. The van der Waals surface area contributed by atoms with E-state index in [4.69, 9.17) is 9.72 Å². The normalized spacial score (nSPS) is 12.4. The number of methoxy groups -OCH3 is 1. The standard InChI is InChI=1S/C21H25N3O2/c1-4-18(22-12-13-26-3)20-23-19-11-6-5-10-17(19)21(25)24(20)16-9-7-8-15(2)14-16/h5-11,14,18,22H,4,12-13H2,1-3H3/p+1/t18-/m1/s1. The quantitative estimate of drug-likeness (QED) is 0.664. The Balaban J connectivity index is 2.22. The van der Waals surface area contributed by atoms with Crippen LogP contribution in [0.1, 0.15) is 30.8 Å². The molecule has 0 fully saturated rings. The molecule has 0 spiro atoms. The SMILES string of the molecule is CC[C@@H]([NH2+]CCOC)c1nc2ccccc2c(=O)n1-c1cccc(C)c1. The van der Waals surface area contributed by atoms with Crippen LogP contribution < -0.4 is 10.9 Å². The molecule has 0 aliphatic heterocycles. The number of benzene rings is 2. The van der Waals surface area contributed by atoms with Gasteiger partial charge in [0.05, 0.1) is 29.7 Å². The summed E-state index contributed by atoms with van der Waals surface area (Å²) in [7, 11) is 1.70. The maximum atomic E-state index is 13.3. The number of nitrogens with zero attached hydrogens (tertiary/aromatic N) is 2. The van der Waals surface area contributed by atoms with Gasteiger partial charge in [0, 0.05) is 13.5 Å². The topological polar surface area (TPSA) is 60.7 Å². The van der Waals surface area contributed by atoms with E-state index in [1.807, 2.05) is 55.5 Å². The van der Waals surface area contributed by atoms with Crippen molar-refractivity contribution in [3.8, 4) is 5.69 Å². The summed E-state index contributed by atoms with van der Waals surface area (Å²) in [6, 6.07) is 15.6. The number of quaternary nitrogens is 1. The predicted octanol–water partition coefficient (Wildman–Crippen LogP) is 2.36. The van der Waals surface area contributed by atoms with Crippen molar-refractivity contribution in [2.75, 3.05) is 20.3 Å². The second-order valence-electron chi connectivity index (χ2n) is 6.50. The van der Waals surface area contributed by atoms with Crippen molar-refractivity contribution in [3.05, 3.63) is 70.3 Å². The van der Waals surface area contributed by atoms with Crippen LogP contribution in [0, 0.1) is 6.92 Å². The number of aromatic nitrogens is 2. The second kappa shape index (κ2) is 8.25. The van der Waals surface area contributed by atoms with Gasteiger partial charge in [0.1, 0.15) is 6.04 Å². The van der Waals surface area contributed by atoms with Gasteiger partial charge in [-0.15, -0.1) is 0 Å². The number of nitrogens with two attached hydrogens (primary N) is 1. The molecular formula is C21H26N3O2+. The minimum Gasteiger partial charge on any atom is -0.379 e. The van der Waals surface area contributed by atoms with E-state index in [2.05, 4.69) is 12.2 Å². The largest absolute Gasteiger partial charge is 0.379 e. The molecule has 3 aromatic rings. The zero-order chi connectivity index (χ0) is 18.5. The highest BCUT2D eigenvalue weighted by Gasteiger charge is 2.22. The molecule has 1 heterocycles. The van der Waals surface area contributed by atoms with E-state index < -0.39 is 0 Å². The van der Waals surface area contributed by atoms with Gasteiger partial charge in [0.25, 0.3) is 5.56 Å². The minimum atomic E-state index is -0.0187. The van der Waals surface area contributed by atoms with Crippen molar-refractivity contribution in [3.63, 3.8) is 0 Å². The maximum absolute atomic E-state index is 13.3. The fourth-order valence-electron chi connectivity index (χ4n) is 3.26. The van der Waals surface area contributed by atoms with E-state index in [1.165, 1.54) is 0 Å². The van der Waals surface area contributed by atoms with Gasteiger partial charge in [-0.05, 0) is 36.8 Å². The van der Waals surface area contributed by atoms with Gasteiger partial charge in [0.15, 0.2) is 5.82 Å². The van der Waals surface area contributed by atoms with Crippen molar-refractivity contribution in [2.24, 2.45) is 0 Å². The lowest BCUT2D eigenvalue weighted by atomic mass is 10.1. The summed E-state index contributed by atoms with van der Waals surface area (Å²) in [4.78, 5) is 18.2. The van der Waals surface area contributed by atoms with E-state index in [0.29, 0.717) is 12.0 Å². The fraction of sp³-hybridized carbons (Fsp3) is 0.333. The van der Waals surface area contributed by atoms with E-state index in [-0.39, 0.29) is 11.6 Å². The fourth-order valence-corrected chi connectivity index (χ4v) is 3.26. The van der Waals surface area contributed by atoms with Crippen molar-refractivity contribution in [2.45, 2.75) is 26.3 Å². The lowest BCUT2D eigenvalue weighted by Gasteiger charge is -2.19. The summed E-state index contributed by atoms with van der Waals surface area (Å²) in [5.41, 5.74) is 2.71. The Morgan fingerprint density at radius 3 is 2.73 bits per heavy atom. The van der Waals surface area contributed by atoms with Crippen LogP contribution >= 0.6 is 0 Å². The average Bonchev–Trinajstić information content (AvgIpc) is 2.65. The van der Waals surface area contributed by atoms with Gasteiger partial charge in [-0.2, -0.15) is 0 Å². The molecule has 0 bridgehead atoms. The van der Waals surface area contributed by atoms with E-state index in [0.717, 1.165) is 35.6 Å². The molecule has 2 N–H and O–H groups in total. The molecule has 0 saturated heterocycles. The molecule has 0 unspecified atom stereocenters. The van der Waals surface area contributed by atoms with Crippen LogP contribution in [-0.2, 0) is 4.74 Å². The molecule has 5 nitrogen and oxygen atoms in total. The number of hydrogen-bond acceptors (Lipinski definition) is 3. The lowest BCUT2D eigenvalue weighted by molar-refractivity contribution is -0.698. The van der Waals surface area contributed by atoms with Gasteiger partial charge >= 0.3 is 0 Å². The highest BCUT2D eigenvalue weighted by Crippen LogP contribution is 2.18. The Labute approximate surface area is 153 Å². The lowest BCUT2D eigenvalue weighted by Crippen LogP contribution is -2.86. The van der Waals surface area contributed by atoms with Crippen LogP contribution in [0.4, 0.5) is 0 Å². The number of aryl methyl sites for hydroxylation is 1. The summed E-state index contributed by atoms with van der Waals surface area (Å²) in [5, 5.41) is 2.84. The number of rotatable bonds is 7. The van der Waals surface area contributed by atoms with Crippen LogP contribution in [0.15, 0.2) is 53.3 Å². The minimum absolute atomic E-state index is 0.0187. The number of ether oxygens (including phenoxy) is 1. The van der Waals surface area contributed by atoms with Crippen LogP contribution in [0.5, 0.6) is 0 Å². The highest BCUT2D eigenvalue weighted by atomic mass is 16.5. The molecule has 0 radical (unpaired) electrons. The van der Waals surface area contributed by atoms with Crippen molar-refractivity contribution in [1.29, 1.82) is 0 Å². The Hall–Kier alpha value is -2.50. The molecule has 1 atom stereocenters. The van der Waals surface area contributed by atoms with Crippen LogP contribution in [0.2, 0.25) is 0 Å². The van der Waals surface area contributed by atoms with Crippen molar-refractivity contribution < 1.29 is 10.1 Å². The zero-order valence-corrected chi connectivity index (χ0v) is 15.6. The first-order valence-electron chi connectivity index (χ1n) is 9.06. The van der Waals surface area contributed by atoms with Gasteiger partial charge in [-0.25, -0.2) is 4.98 Å². The Morgan fingerprint density at radius 2 is 2.00 bits per heavy atom. The molecule has 0 aliphatic rings. The van der Waals surface area contributed by atoms with Crippen LogP contribution in [0.3, 0.4) is 0 Å². The molecule has 0 aliphatic carbocycles. The molecule has 3 rings (SSSR count). The van der Waals surface area contributed by atoms with Crippen LogP contribution in [-0.4, -0.2) is 29.8 Å². The van der Waals surface area contributed by atoms with E-state index >= 15 is 0 Å². The van der Waals surface area contributed by atoms with Crippen molar-refractivity contribution >= 4 is 10.9 Å². The summed E-state index contributed by atoms with van der Waals surface area (Å²) in [5.74, 6) is 0.790. The third-order valence-electron chi connectivity index (χ3n) is 4.61. The number of fused-ring (bicyclic) bond motifs is 1. The van der Waals surface area contributed by atoms with E-state index in [1.54, 1.807) is 11.7 Å². The first-order chi connectivity index (χ1) is 12.7. The first-order valence-corrected chi connectivity index (χ1v) is 9.06. The van der Waals surface area contributed by atoms with E-state index in [9.17, 15) is 4.79 Å². The molecule has 0 saturated carbocycles. The summed E-state index contributed by atoms with van der Waals surface area (Å²) in [6.07, 6.45) is 0.875. The van der Waals surface area contributed by atoms with Gasteiger partial charge in [0.2, 0.25) is 0 Å². The second-order valence-corrected chi connectivity index (χ2v) is 6.50. The Bertz CT molecular complexity index is 949. The average molecular weight is 352 g/mol. The molecular weight excluding hydrogens is 326 g/mol. The molecule has 5 heteroatoms. The highest BCUT2D eigenvalue weighted by molar-refractivity contribution is 5.77. The zero-order valence-electron chi connectivity index (χ0n) is 15.6. The molecule has 26 heavy (non-hydrogen) atoms. The summed E-state index contributed by atoms with van der Waals surface area (Å²) < 4.78 is 6.95. The molecule has 2 aromatic carbocycles. The monoisotopic (exact) mass is 352 g/mol. The molecule has 136 valence electrons. The van der Waals surface area contributed by atoms with Gasteiger partial charge in [-0.1, -0.05) is 31.2 Å².